The van der Waals surface area contributed by atoms with Gasteiger partial charge in [-0.05, 0) is 28.3 Å². The Kier molecular flexibility index (Phi) is 4.19. The van der Waals surface area contributed by atoms with Crippen LogP contribution in [0.15, 0.2) is 49.1 Å². The number of hydrogen-bond donors (Lipinski definition) is 4. The molecule has 1 fully saturated rings. The largest absolute Gasteiger partial charge is 0.394 e. The fourth-order valence-electron chi connectivity index (χ4n) is 4.79. The van der Waals surface area contributed by atoms with E-state index in [1.165, 1.54) is 34.6 Å². The molecule has 0 saturated carbocycles. The van der Waals surface area contributed by atoms with Gasteiger partial charge in [-0.1, -0.05) is 36.4 Å². The second-order valence-electron chi connectivity index (χ2n) is 8.04. The minimum atomic E-state index is -1.21. The summed E-state index contributed by atoms with van der Waals surface area (Å²) in [6.45, 7) is -0.392. The molecule has 0 bridgehead atoms. The molecular weight excluding hydrogens is 398 g/mol. The van der Waals surface area contributed by atoms with E-state index in [1.807, 2.05) is 0 Å². The molecule has 5 atom stereocenters. The van der Waals surface area contributed by atoms with E-state index in [0.717, 1.165) is 6.42 Å². The van der Waals surface area contributed by atoms with Crippen molar-refractivity contribution in [3.05, 3.63) is 60.2 Å². The first kappa shape index (κ1) is 18.6. The minimum Gasteiger partial charge on any atom is -0.394 e. The smallest absolute Gasteiger partial charge is 0.167 e. The maximum absolute atomic E-state index is 10.4. The number of aromatic nitrogens is 4. The molecule has 0 amide bonds. The summed E-state index contributed by atoms with van der Waals surface area (Å²) in [6, 6.07) is 12.7. The molecule has 2 aromatic carbocycles. The number of aliphatic hydroxyl groups excluding tert-OH is 3. The monoisotopic (exact) mass is 419 g/mol. The van der Waals surface area contributed by atoms with Crippen LogP contribution < -0.4 is 5.32 Å². The lowest BCUT2D eigenvalue weighted by atomic mass is 10.0. The number of aliphatic hydroxyl groups is 3. The van der Waals surface area contributed by atoms with Crippen LogP contribution in [0.1, 0.15) is 23.4 Å². The van der Waals surface area contributed by atoms with Crippen molar-refractivity contribution in [2.45, 2.75) is 37.0 Å². The Morgan fingerprint density at radius 2 is 1.90 bits per heavy atom. The molecule has 3 heterocycles. The average molecular weight is 419 g/mol. The molecule has 31 heavy (non-hydrogen) atoms. The first-order valence-electron chi connectivity index (χ1n) is 10.2. The normalized spacial score (nSPS) is 27.4. The first-order chi connectivity index (χ1) is 15.2. The number of imidazole rings is 1. The Hall–Kier alpha value is -3.11. The molecule has 4 aromatic rings. The van der Waals surface area contributed by atoms with Gasteiger partial charge in [-0.15, -0.1) is 0 Å². The molecule has 1 aliphatic heterocycles. The summed E-state index contributed by atoms with van der Waals surface area (Å²) in [7, 11) is 0. The molecule has 4 N–H and O–H groups in total. The quantitative estimate of drug-likeness (QED) is 0.390. The summed E-state index contributed by atoms with van der Waals surface area (Å²) in [4.78, 5) is 13.2. The van der Waals surface area contributed by atoms with Gasteiger partial charge >= 0.3 is 0 Å². The first-order valence-corrected chi connectivity index (χ1v) is 10.2. The number of benzene rings is 2. The number of ether oxygens (including phenoxy) is 1. The minimum absolute atomic E-state index is 0.0539. The van der Waals surface area contributed by atoms with Gasteiger partial charge in [0.1, 0.15) is 24.6 Å². The molecule has 1 unspecified atom stereocenters. The zero-order valence-corrected chi connectivity index (χ0v) is 16.5. The lowest BCUT2D eigenvalue weighted by Gasteiger charge is -2.17. The highest BCUT2D eigenvalue weighted by Gasteiger charge is 2.44. The third-order valence-electron chi connectivity index (χ3n) is 6.28. The van der Waals surface area contributed by atoms with Crippen LogP contribution in [0.5, 0.6) is 0 Å². The predicted molar refractivity (Wildman–Crippen MR) is 112 cm³/mol. The molecular formula is C22H21N5O4. The number of nitrogens with zero attached hydrogens (tertiary/aromatic N) is 4. The van der Waals surface area contributed by atoms with Crippen LogP contribution in [0.25, 0.3) is 21.9 Å². The maximum atomic E-state index is 10.4. The molecule has 0 spiro atoms. The SMILES string of the molecule is OC[C@H]1O[C@@H](n2cnc3c(NC4Cc5cccc6cccc4c56)ncnc32)[C@H](O)[C@@H]1O. The number of anilines is 1. The molecule has 2 aliphatic rings. The third kappa shape index (κ3) is 2.75. The molecule has 2 aromatic heterocycles. The van der Waals surface area contributed by atoms with Gasteiger partial charge in [0.05, 0.1) is 19.0 Å². The predicted octanol–water partition coefficient (Wildman–Crippen LogP) is 1.30. The van der Waals surface area contributed by atoms with Gasteiger partial charge in [0.2, 0.25) is 0 Å². The van der Waals surface area contributed by atoms with Gasteiger partial charge < -0.3 is 25.4 Å². The third-order valence-corrected chi connectivity index (χ3v) is 6.28. The number of nitrogens with one attached hydrogen (secondary N) is 1. The van der Waals surface area contributed by atoms with Crippen molar-refractivity contribution >= 4 is 27.8 Å². The summed E-state index contributed by atoms with van der Waals surface area (Å²) >= 11 is 0. The highest BCUT2D eigenvalue weighted by molar-refractivity contribution is 5.92. The van der Waals surface area contributed by atoms with Crippen LogP contribution in [0.3, 0.4) is 0 Å². The van der Waals surface area contributed by atoms with Gasteiger partial charge in [-0.3, -0.25) is 4.57 Å². The Labute approximate surface area is 177 Å². The molecule has 0 radical (unpaired) electrons. The molecule has 9 heteroatoms. The summed E-state index contributed by atoms with van der Waals surface area (Å²) in [5.41, 5.74) is 3.54. The highest BCUT2D eigenvalue weighted by atomic mass is 16.6. The average Bonchev–Trinajstić information content (AvgIpc) is 3.45. The fraction of sp³-hybridized carbons (Fsp3) is 0.318. The second-order valence-corrected chi connectivity index (χ2v) is 8.04. The summed E-state index contributed by atoms with van der Waals surface area (Å²) in [5, 5.41) is 35.9. The summed E-state index contributed by atoms with van der Waals surface area (Å²) in [6.07, 6.45) is -0.370. The van der Waals surface area contributed by atoms with E-state index in [4.69, 9.17) is 4.74 Å². The van der Waals surface area contributed by atoms with Crippen LogP contribution in [0.4, 0.5) is 5.82 Å². The van der Waals surface area contributed by atoms with Crippen LogP contribution in [0, 0.1) is 0 Å². The summed E-state index contributed by atoms with van der Waals surface area (Å²) in [5.74, 6) is 0.588. The molecule has 1 aliphatic carbocycles. The Bertz CT molecular complexity index is 1290. The summed E-state index contributed by atoms with van der Waals surface area (Å²) < 4.78 is 7.20. The number of hydrogen-bond acceptors (Lipinski definition) is 8. The highest BCUT2D eigenvalue weighted by Crippen LogP contribution is 2.39. The molecule has 1 saturated heterocycles. The van der Waals surface area contributed by atoms with Gasteiger partial charge in [0.25, 0.3) is 0 Å². The second kappa shape index (κ2) is 6.96. The van der Waals surface area contributed by atoms with Crippen LogP contribution >= 0.6 is 0 Å². The Morgan fingerprint density at radius 3 is 2.71 bits per heavy atom. The van der Waals surface area contributed by atoms with E-state index in [0.29, 0.717) is 17.0 Å². The van der Waals surface area contributed by atoms with E-state index in [1.54, 1.807) is 4.57 Å². The van der Waals surface area contributed by atoms with Crippen molar-refractivity contribution < 1.29 is 20.1 Å². The van der Waals surface area contributed by atoms with E-state index in [-0.39, 0.29) is 6.04 Å². The topological polar surface area (TPSA) is 126 Å². The van der Waals surface area contributed by atoms with E-state index >= 15 is 0 Å². The van der Waals surface area contributed by atoms with Crippen molar-refractivity contribution in [3.63, 3.8) is 0 Å². The zero-order valence-electron chi connectivity index (χ0n) is 16.5. The van der Waals surface area contributed by atoms with Crippen LogP contribution in [-0.2, 0) is 11.2 Å². The Morgan fingerprint density at radius 1 is 1.06 bits per heavy atom. The lowest BCUT2D eigenvalue weighted by Crippen LogP contribution is -2.33. The van der Waals surface area contributed by atoms with E-state index in [2.05, 4.69) is 56.7 Å². The van der Waals surface area contributed by atoms with Crippen molar-refractivity contribution in [2.75, 3.05) is 11.9 Å². The molecule has 158 valence electrons. The molecule has 9 nitrogen and oxygen atoms in total. The van der Waals surface area contributed by atoms with Gasteiger partial charge in [-0.25, -0.2) is 15.0 Å². The van der Waals surface area contributed by atoms with Crippen molar-refractivity contribution in [3.8, 4) is 0 Å². The standard InChI is InChI=1S/C22H21N5O4/c28-8-15-18(29)19(30)22(31-15)27-10-25-17-20(23-9-24-21(17)27)26-14-7-12-5-1-3-11-4-2-6-13(14)16(11)12/h1-6,9-10,14-15,18-19,22,28-30H,7-8H2,(H,23,24,26)/t14?,15-,18-,19-,22-/m1/s1. The van der Waals surface area contributed by atoms with Gasteiger partial charge in [0, 0.05) is 0 Å². The van der Waals surface area contributed by atoms with Crippen LogP contribution in [0.2, 0.25) is 0 Å². The van der Waals surface area contributed by atoms with Crippen molar-refractivity contribution in [2.24, 2.45) is 0 Å². The van der Waals surface area contributed by atoms with E-state index in [9.17, 15) is 15.3 Å². The van der Waals surface area contributed by atoms with E-state index < -0.39 is 31.1 Å². The van der Waals surface area contributed by atoms with Crippen molar-refractivity contribution in [1.29, 1.82) is 0 Å². The lowest BCUT2D eigenvalue weighted by molar-refractivity contribution is -0.0511. The maximum Gasteiger partial charge on any atom is 0.167 e. The van der Waals surface area contributed by atoms with Gasteiger partial charge in [-0.2, -0.15) is 0 Å². The van der Waals surface area contributed by atoms with Crippen molar-refractivity contribution in [1.82, 2.24) is 19.5 Å². The fourth-order valence-corrected chi connectivity index (χ4v) is 4.79. The van der Waals surface area contributed by atoms with Crippen LogP contribution in [-0.4, -0.2) is 59.8 Å². The number of fused-ring (bicyclic) bond motifs is 1. The Balaban J connectivity index is 1.35. The molecule has 6 rings (SSSR count). The number of rotatable bonds is 4. The van der Waals surface area contributed by atoms with Gasteiger partial charge in [0.15, 0.2) is 23.2 Å². The zero-order chi connectivity index (χ0) is 21.1.